The van der Waals surface area contributed by atoms with Crippen LogP contribution in [0.5, 0.6) is 0 Å². The molecule has 0 radical (unpaired) electrons. The van der Waals surface area contributed by atoms with Crippen LogP contribution in [0.15, 0.2) is 47.6 Å². The van der Waals surface area contributed by atoms with Crippen LogP contribution in [-0.2, 0) is 4.79 Å². The highest BCUT2D eigenvalue weighted by molar-refractivity contribution is 5.98. The third-order valence-corrected chi connectivity index (χ3v) is 4.94. The number of rotatable bonds is 5. The van der Waals surface area contributed by atoms with Crippen LogP contribution in [-0.4, -0.2) is 29.1 Å². The van der Waals surface area contributed by atoms with E-state index in [-0.39, 0.29) is 17.7 Å². The zero-order chi connectivity index (χ0) is 19.7. The fourth-order valence-corrected chi connectivity index (χ4v) is 3.34. The Balaban J connectivity index is 1.66. The minimum Gasteiger partial charge on any atom is -0.383 e. The number of fused-ring (bicyclic) bond motifs is 1. The van der Waals surface area contributed by atoms with Gasteiger partial charge in [0.05, 0.1) is 17.3 Å². The molecule has 28 heavy (non-hydrogen) atoms. The van der Waals surface area contributed by atoms with Crippen LogP contribution in [0, 0.1) is 23.2 Å². The number of nitriles is 1. The second-order valence-corrected chi connectivity index (χ2v) is 6.84. The number of nitrogen functional groups attached to an aromatic ring is 1. The van der Waals surface area contributed by atoms with Crippen molar-refractivity contribution in [3.63, 3.8) is 0 Å². The predicted octanol–water partition coefficient (Wildman–Crippen LogP) is 3.03. The maximum Gasteiger partial charge on any atom is 0.228 e. The largest absolute Gasteiger partial charge is 0.383 e. The molecule has 7 nitrogen and oxygen atoms in total. The lowest BCUT2D eigenvalue weighted by Gasteiger charge is -2.09. The fourth-order valence-electron chi connectivity index (χ4n) is 3.34. The maximum absolute atomic E-state index is 12.3. The predicted molar refractivity (Wildman–Crippen MR) is 109 cm³/mol. The summed E-state index contributed by atoms with van der Waals surface area (Å²) in [7, 11) is 0. The number of carbonyl (C=O) groups is 1. The lowest BCUT2D eigenvalue weighted by Crippen LogP contribution is -2.16. The Labute approximate surface area is 161 Å². The molecule has 2 aromatic heterocycles. The van der Waals surface area contributed by atoms with Crippen molar-refractivity contribution in [3.8, 4) is 17.3 Å². The number of benzene rings is 1. The van der Waals surface area contributed by atoms with Gasteiger partial charge >= 0.3 is 0 Å². The van der Waals surface area contributed by atoms with E-state index in [4.69, 9.17) is 5.73 Å². The summed E-state index contributed by atoms with van der Waals surface area (Å²) >= 11 is 0. The van der Waals surface area contributed by atoms with E-state index in [0.717, 1.165) is 11.8 Å². The number of pyridine rings is 2. The minimum absolute atomic E-state index is 0.0384. The highest BCUT2D eigenvalue weighted by atomic mass is 16.2. The Kier molecular flexibility index (Phi) is 4.45. The third-order valence-electron chi connectivity index (χ3n) is 4.94. The number of anilines is 2. The third kappa shape index (κ3) is 3.28. The van der Waals surface area contributed by atoms with Crippen LogP contribution in [0.4, 0.5) is 11.6 Å². The molecule has 0 unspecified atom stereocenters. The number of nitrogens with two attached hydrogens (primary N) is 1. The van der Waals surface area contributed by atoms with E-state index in [9.17, 15) is 10.1 Å². The second kappa shape index (κ2) is 7.08. The highest BCUT2D eigenvalue weighted by Crippen LogP contribution is 2.39. The molecule has 1 aliphatic carbocycles. The number of aromatic nitrogens is 2. The Bertz CT molecular complexity index is 1130. The summed E-state index contributed by atoms with van der Waals surface area (Å²) in [5, 5.41) is 13.7. The van der Waals surface area contributed by atoms with E-state index in [1.54, 1.807) is 24.4 Å². The molecule has 0 aliphatic heterocycles. The summed E-state index contributed by atoms with van der Waals surface area (Å²) in [6.07, 6.45) is 2.42. The molecule has 3 aromatic rings. The highest BCUT2D eigenvalue weighted by Gasteiger charge is 2.42. The summed E-state index contributed by atoms with van der Waals surface area (Å²) in [4.78, 5) is 24.9. The molecular weight excluding hydrogens is 352 g/mol. The molecule has 4 rings (SSSR count). The van der Waals surface area contributed by atoms with Crippen molar-refractivity contribution in [2.75, 3.05) is 17.6 Å². The van der Waals surface area contributed by atoms with E-state index >= 15 is 0 Å². The number of amides is 1. The van der Waals surface area contributed by atoms with Crippen LogP contribution in [0.1, 0.15) is 12.0 Å². The van der Waals surface area contributed by atoms with Gasteiger partial charge in [0.2, 0.25) is 5.91 Å². The Morgan fingerprint density at radius 3 is 3.00 bits per heavy atom. The molecule has 2 heterocycles. The Morgan fingerprint density at radius 1 is 1.39 bits per heavy atom. The molecule has 2 atom stereocenters. The molecular formula is C21H18N6O. The van der Waals surface area contributed by atoms with Crippen LogP contribution < -0.4 is 11.1 Å². The van der Waals surface area contributed by atoms with Crippen molar-refractivity contribution >= 4 is 35.0 Å². The number of nitrogens with zero attached hydrogens (tertiary/aromatic N) is 4. The zero-order valence-electron chi connectivity index (χ0n) is 15.1. The summed E-state index contributed by atoms with van der Waals surface area (Å²) in [6.45, 7) is 4.08. The molecule has 1 amide bonds. The van der Waals surface area contributed by atoms with Gasteiger partial charge in [-0.2, -0.15) is 5.26 Å². The number of nitrogens with one attached hydrogen (secondary N) is 1. The topological polar surface area (TPSA) is 117 Å². The molecule has 7 heteroatoms. The quantitative estimate of drug-likeness (QED) is 0.670. The van der Waals surface area contributed by atoms with Crippen molar-refractivity contribution in [2.45, 2.75) is 6.42 Å². The molecule has 0 bridgehead atoms. The van der Waals surface area contributed by atoms with Crippen molar-refractivity contribution in [1.29, 1.82) is 5.26 Å². The molecule has 1 aliphatic rings. The van der Waals surface area contributed by atoms with Crippen LogP contribution in [0.3, 0.4) is 0 Å². The van der Waals surface area contributed by atoms with E-state index in [1.165, 1.54) is 0 Å². The van der Waals surface area contributed by atoms with Crippen molar-refractivity contribution < 1.29 is 4.79 Å². The number of aliphatic imine (C=N–C) groups is 1. The van der Waals surface area contributed by atoms with Gasteiger partial charge < -0.3 is 16.0 Å². The summed E-state index contributed by atoms with van der Waals surface area (Å²) in [5.41, 5.74) is 7.94. The van der Waals surface area contributed by atoms with Gasteiger partial charge in [-0.15, -0.1) is 0 Å². The van der Waals surface area contributed by atoms with Crippen LogP contribution in [0.2, 0.25) is 0 Å². The molecule has 1 aromatic carbocycles. The van der Waals surface area contributed by atoms with Gasteiger partial charge in [0.25, 0.3) is 0 Å². The van der Waals surface area contributed by atoms with Crippen LogP contribution in [0.25, 0.3) is 22.0 Å². The summed E-state index contributed by atoms with van der Waals surface area (Å²) in [5.74, 6) is 0.956. The van der Waals surface area contributed by atoms with Crippen molar-refractivity contribution in [3.05, 3.63) is 48.2 Å². The number of carbonyl (C=O) groups excluding carboxylic acids is 1. The molecule has 0 spiro atoms. The molecule has 138 valence electrons. The zero-order valence-corrected chi connectivity index (χ0v) is 15.1. The van der Waals surface area contributed by atoms with E-state index in [1.807, 2.05) is 18.2 Å². The first kappa shape index (κ1) is 17.6. The molecule has 1 fully saturated rings. The van der Waals surface area contributed by atoms with Crippen molar-refractivity contribution in [1.82, 2.24) is 9.97 Å². The Hall–Kier alpha value is -3.79. The number of hydrogen-bond donors (Lipinski definition) is 2. The van der Waals surface area contributed by atoms with Gasteiger partial charge in [0, 0.05) is 29.6 Å². The second-order valence-electron chi connectivity index (χ2n) is 6.84. The first-order valence-electron chi connectivity index (χ1n) is 8.90. The van der Waals surface area contributed by atoms with E-state index < -0.39 is 0 Å². The molecule has 0 saturated heterocycles. The average molecular weight is 370 g/mol. The lowest BCUT2D eigenvalue weighted by atomic mass is 10.0. The summed E-state index contributed by atoms with van der Waals surface area (Å²) in [6, 6.07) is 13.0. The standard InChI is InChI=1S/C21H18N6O/c1-24-10-14-6-16(14)21(28)27-19-8-13-7-18(26-20(23)17(13)11-25-19)15-5-3-2-4-12(15)9-22/h2-5,7-8,11,14,16H,1,6,10H2,(H2,23,26)(H,25,27,28)/t14-,16+/m1/s1. The maximum atomic E-state index is 12.3. The first-order valence-corrected chi connectivity index (χ1v) is 8.90. The number of hydrogen-bond acceptors (Lipinski definition) is 6. The smallest absolute Gasteiger partial charge is 0.228 e. The van der Waals surface area contributed by atoms with E-state index in [0.29, 0.717) is 40.4 Å². The van der Waals surface area contributed by atoms with Gasteiger partial charge in [-0.05, 0) is 42.6 Å². The Morgan fingerprint density at radius 2 is 2.21 bits per heavy atom. The molecule has 1 saturated carbocycles. The normalized spacial score (nSPS) is 17.7. The minimum atomic E-state index is -0.0578. The molecule has 3 N–H and O–H groups in total. The summed E-state index contributed by atoms with van der Waals surface area (Å²) < 4.78 is 0. The van der Waals surface area contributed by atoms with E-state index in [2.05, 4.69) is 33.1 Å². The SMILES string of the molecule is C=NC[C@H]1C[C@@H]1C(=O)Nc1cc2cc(-c3ccccc3C#N)nc(N)c2cn1. The van der Waals surface area contributed by atoms with Crippen molar-refractivity contribution in [2.24, 2.45) is 16.8 Å². The fraction of sp³-hybridized carbons (Fsp3) is 0.190. The average Bonchev–Trinajstić information content (AvgIpc) is 3.47. The van der Waals surface area contributed by atoms with Gasteiger partial charge in [-0.1, -0.05) is 18.2 Å². The monoisotopic (exact) mass is 370 g/mol. The lowest BCUT2D eigenvalue weighted by molar-refractivity contribution is -0.117. The first-order chi connectivity index (χ1) is 13.6. The van der Waals surface area contributed by atoms with Gasteiger partial charge in [-0.25, -0.2) is 9.97 Å². The van der Waals surface area contributed by atoms with Gasteiger partial charge in [0.15, 0.2) is 0 Å². The van der Waals surface area contributed by atoms with Crippen LogP contribution >= 0.6 is 0 Å². The van der Waals surface area contributed by atoms with Gasteiger partial charge in [-0.3, -0.25) is 4.79 Å². The van der Waals surface area contributed by atoms with Gasteiger partial charge in [0.1, 0.15) is 11.6 Å².